The van der Waals surface area contributed by atoms with Gasteiger partial charge in [-0.25, -0.2) is 0 Å². The largest absolute Gasteiger partial charge is 0.370 e. The number of piperidine rings is 1. The van der Waals surface area contributed by atoms with Gasteiger partial charge in [0.05, 0.1) is 17.6 Å². The maximum absolute atomic E-state index is 5.82. The van der Waals surface area contributed by atoms with Crippen molar-refractivity contribution in [3.05, 3.63) is 24.0 Å². The molecule has 0 saturated carbocycles. The molecule has 1 atom stereocenters. The van der Waals surface area contributed by atoms with E-state index in [2.05, 4.69) is 35.9 Å². The van der Waals surface area contributed by atoms with E-state index in [1.165, 1.54) is 18.5 Å². The highest BCUT2D eigenvalue weighted by Gasteiger charge is 2.21. The van der Waals surface area contributed by atoms with E-state index < -0.39 is 0 Å². The van der Waals surface area contributed by atoms with E-state index >= 15 is 0 Å². The molecule has 2 rings (SSSR count). The topological polar surface area (TPSA) is 42.1 Å². The molecule has 1 aliphatic rings. The van der Waals surface area contributed by atoms with E-state index in [4.69, 9.17) is 5.73 Å². The Hall–Kier alpha value is -1.09. The highest BCUT2D eigenvalue weighted by Crippen LogP contribution is 2.27. The van der Waals surface area contributed by atoms with Gasteiger partial charge in [-0.3, -0.25) is 4.98 Å². The highest BCUT2D eigenvalue weighted by molar-refractivity contribution is 5.45. The molecule has 0 unspecified atom stereocenters. The van der Waals surface area contributed by atoms with Gasteiger partial charge < -0.3 is 10.6 Å². The Balaban J connectivity index is 1.97. The third kappa shape index (κ3) is 3.02. The monoisotopic (exact) mass is 247 g/mol. The van der Waals surface area contributed by atoms with Crippen molar-refractivity contribution in [3.63, 3.8) is 0 Å². The van der Waals surface area contributed by atoms with Crippen LogP contribution in [0.2, 0.25) is 0 Å². The van der Waals surface area contributed by atoms with Crippen LogP contribution in [0.3, 0.4) is 0 Å². The molecule has 0 amide bonds. The highest BCUT2D eigenvalue weighted by atomic mass is 15.1. The number of anilines is 1. The molecule has 1 aromatic rings. The molecule has 3 nitrogen and oxygen atoms in total. The Bertz CT molecular complexity index is 362. The van der Waals surface area contributed by atoms with Crippen LogP contribution in [0.5, 0.6) is 0 Å². The number of rotatable bonds is 3. The lowest BCUT2D eigenvalue weighted by Crippen LogP contribution is -2.35. The first-order chi connectivity index (χ1) is 8.58. The SMILES string of the molecule is CC(C)C1CCN(c2ccc([C@@H](C)N)nc2)CC1. The summed E-state index contributed by atoms with van der Waals surface area (Å²) in [5.74, 6) is 1.70. The van der Waals surface area contributed by atoms with Crippen LogP contribution in [-0.2, 0) is 0 Å². The molecule has 0 aromatic carbocycles. The van der Waals surface area contributed by atoms with Crippen molar-refractivity contribution in [2.75, 3.05) is 18.0 Å². The summed E-state index contributed by atoms with van der Waals surface area (Å²) >= 11 is 0. The molecule has 1 aromatic heterocycles. The van der Waals surface area contributed by atoms with Crippen LogP contribution >= 0.6 is 0 Å². The van der Waals surface area contributed by atoms with Gasteiger partial charge in [0.2, 0.25) is 0 Å². The molecule has 100 valence electrons. The van der Waals surface area contributed by atoms with Crippen molar-refractivity contribution in [2.45, 2.75) is 39.7 Å². The van der Waals surface area contributed by atoms with Gasteiger partial charge in [-0.15, -0.1) is 0 Å². The van der Waals surface area contributed by atoms with E-state index in [1.54, 1.807) is 0 Å². The second-order valence-electron chi connectivity index (χ2n) is 5.80. The maximum atomic E-state index is 5.82. The van der Waals surface area contributed by atoms with E-state index in [0.717, 1.165) is 30.6 Å². The Morgan fingerprint density at radius 1 is 1.22 bits per heavy atom. The second-order valence-corrected chi connectivity index (χ2v) is 5.80. The third-order valence-corrected chi connectivity index (χ3v) is 4.08. The van der Waals surface area contributed by atoms with E-state index in [1.807, 2.05) is 13.1 Å². The van der Waals surface area contributed by atoms with Crippen LogP contribution in [0.4, 0.5) is 5.69 Å². The zero-order valence-corrected chi connectivity index (χ0v) is 11.8. The summed E-state index contributed by atoms with van der Waals surface area (Å²) in [4.78, 5) is 6.88. The van der Waals surface area contributed by atoms with Crippen LogP contribution in [0.1, 0.15) is 45.3 Å². The van der Waals surface area contributed by atoms with Gasteiger partial charge in [0, 0.05) is 19.1 Å². The van der Waals surface area contributed by atoms with Gasteiger partial charge in [-0.2, -0.15) is 0 Å². The Kier molecular flexibility index (Phi) is 4.23. The molecular weight excluding hydrogens is 222 g/mol. The molecule has 18 heavy (non-hydrogen) atoms. The standard InChI is InChI=1S/C15H25N3/c1-11(2)13-6-8-18(9-7-13)14-4-5-15(12(3)16)17-10-14/h4-5,10-13H,6-9,16H2,1-3H3/t12-/m1/s1. The number of hydrogen-bond acceptors (Lipinski definition) is 3. The predicted octanol–water partition coefficient (Wildman–Crippen LogP) is 2.97. The van der Waals surface area contributed by atoms with Crippen LogP contribution in [0, 0.1) is 11.8 Å². The van der Waals surface area contributed by atoms with Crippen LogP contribution < -0.4 is 10.6 Å². The van der Waals surface area contributed by atoms with Gasteiger partial charge in [0.1, 0.15) is 0 Å². The zero-order chi connectivity index (χ0) is 13.1. The van der Waals surface area contributed by atoms with E-state index in [0.29, 0.717) is 0 Å². The molecule has 0 bridgehead atoms. The molecule has 0 spiro atoms. The summed E-state index contributed by atoms with van der Waals surface area (Å²) in [7, 11) is 0. The number of pyridine rings is 1. The summed E-state index contributed by atoms with van der Waals surface area (Å²) in [5.41, 5.74) is 8.02. The number of hydrogen-bond donors (Lipinski definition) is 1. The molecule has 1 saturated heterocycles. The fraction of sp³-hybridized carbons (Fsp3) is 0.667. The van der Waals surface area contributed by atoms with Crippen LogP contribution in [-0.4, -0.2) is 18.1 Å². The molecule has 0 radical (unpaired) electrons. The fourth-order valence-electron chi connectivity index (χ4n) is 2.68. The van der Waals surface area contributed by atoms with Gasteiger partial charge >= 0.3 is 0 Å². The molecular formula is C15H25N3. The molecule has 1 aliphatic heterocycles. The van der Waals surface area contributed by atoms with Crippen LogP contribution in [0.25, 0.3) is 0 Å². The smallest absolute Gasteiger partial charge is 0.0569 e. The second kappa shape index (κ2) is 5.70. The minimum atomic E-state index is 0.0192. The normalized spacial score (nSPS) is 19.3. The van der Waals surface area contributed by atoms with Gasteiger partial charge in [0.15, 0.2) is 0 Å². The number of aromatic nitrogens is 1. The van der Waals surface area contributed by atoms with Crippen molar-refractivity contribution in [1.29, 1.82) is 0 Å². The van der Waals surface area contributed by atoms with Crippen LogP contribution in [0.15, 0.2) is 18.3 Å². The summed E-state index contributed by atoms with van der Waals surface area (Å²) < 4.78 is 0. The summed E-state index contributed by atoms with van der Waals surface area (Å²) in [5, 5.41) is 0. The molecule has 3 heteroatoms. The minimum Gasteiger partial charge on any atom is -0.370 e. The number of nitrogens with zero attached hydrogens (tertiary/aromatic N) is 2. The Labute approximate surface area is 110 Å². The average Bonchev–Trinajstić information content (AvgIpc) is 2.39. The predicted molar refractivity (Wildman–Crippen MR) is 76.6 cm³/mol. The summed E-state index contributed by atoms with van der Waals surface area (Å²) in [6.45, 7) is 8.94. The zero-order valence-electron chi connectivity index (χ0n) is 11.8. The van der Waals surface area contributed by atoms with E-state index in [-0.39, 0.29) is 6.04 Å². The number of nitrogens with two attached hydrogens (primary N) is 1. The molecule has 2 heterocycles. The Morgan fingerprint density at radius 3 is 2.33 bits per heavy atom. The third-order valence-electron chi connectivity index (χ3n) is 4.08. The molecule has 1 fully saturated rings. The van der Waals surface area contributed by atoms with Gasteiger partial charge in [-0.05, 0) is 43.7 Å². The lowest BCUT2D eigenvalue weighted by molar-refractivity contribution is 0.311. The van der Waals surface area contributed by atoms with Crippen molar-refractivity contribution < 1.29 is 0 Å². The lowest BCUT2D eigenvalue weighted by atomic mass is 9.86. The van der Waals surface area contributed by atoms with Crippen molar-refractivity contribution in [3.8, 4) is 0 Å². The first kappa shape index (κ1) is 13.3. The fourth-order valence-corrected chi connectivity index (χ4v) is 2.68. The van der Waals surface area contributed by atoms with Gasteiger partial charge in [0.25, 0.3) is 0 Å². The average molecular weight is 247 g/mol. The Morgan fingerprint density at radius 2 is 1.89 bits per heavy atom. The lowest BCUT2D eigenvalue weighted by Gasteiger charge is -2.35. The first-order valence-corrected chi connectivity index (χ1v) is 7.04. The quantitative estimate of drug-likeness (QED) is 0.893. The first-order valence-electron chi connectivity index (χ1n) is 7.04. The van der Waals surface area contributed by atoms with Gasteiger partial charge in [-0.1, -0.05) is 13.8 Å². The van der Waals surface area contributed by atoms with Crippen molar-refractivity contribution in [2.24, 2.45) is 17.6 Å². The summed E-state index contributed by atoms with van der Waals surface area (Å²) in [6.07, 6.45) is 4.56. The van der Waals surface area contributed by atoms with Crippen molar-refractivity contribution in [1.82, 2.24) is 4.98 Å². The maximum Gasteiger partial charge on any atom is 0.0569 e. The van der Waals surface area contributed by atoms with Crippen molar-refractivity contribution >= 4 is 5.69 Å². The van der Waals surface area contributed by atoms with E-state index in [9.17, 15) is 0 Å². The molecule has 2 N–H and O–H groups in total. The summed E-state index contributed by atoms with van der Waals surface area (Å²) in [6, 6.07) is 4.22. The molecule has 0 aliphatic carbocycles. The minimum absolute atomic E-state index is 0.0192.